The molecule has 0 aliphatic heterocycles. The third-order valence-electron chi connectivity index (χ3n) is 5.04. The van der Waals surface area contributed by atoms with Crippen LogP contribution in [0.3, 0.4) is 0 Å². The zero-order valence-corrected chi connectivity index (χ0v) is 14.1. The first-order chi connectivity index (χ1) is 13.2. The second kappa shape index (κ2) is 5.42. The van der Waals surface area contributed by atoms with Crippen LogP contribution in [0.2, 0.25) is 0 Å². The predicted molar refractivity (Wildman–Crippen MR) is 107 cm³/mol. The lowest BCUT2D eigenvalue weighted by atomic mass is 10.00. The van der Waals surface area contributed by atoms with Gasteiger partial charge in [-0.05, 0) is 29.0 Å². The summed E-state index contributed by atoms with van der Waals surface area (Å²) in [5.74, 6) is 0. The van der Waals surface area contributed by atoms with Crippen molar-refractivity contribution in [3.63, 3.8) is 0 Å². The SMILES string of the molecule is [C-]#[N+]/C(C#N)=c1\cc2c3cccc4cccc(c(=O)n2c2ccccc12)c43. The molecular formula is C23H11N3O. The molecule has 0 amide bonds. The molecule has 5 rings (SSSR count). The van der Waals surface area contributed by atoms with Crippen molar-refractivity contribution in [3.05, 3.63) is 93.7 Å². The van der Waals surface area contributed by atoms with Gasteiger partial charge in [-0.1, -0.05) is 48.5 Å². The molecule has 0 saturated heterocycles. The van der Waals surface area contributed by atoms with Gasteiger partial charge in [-0.15, -0.1) is 0 Å². The Kier molecular flexibility index (Phi) is 3.04. The second-order valence-electron chi connectivity index (χ2n) is 6.38. The summed E-state index contributed by atoms with van der Waals surface area (Å²) in [7, 11) is 0. The van der Waals surface area contributed by atoms with Gasteiger partial charge in [0.1, 0.15) is 0 Å². The molecule has 124 valence electrons. The molecule has 5 aromatic rings. The van der Waals surface area contributed by atoms with Gasteiger partial charge in [-0.2, -0.15) is 0 Å². The molecule has 0 N–H and O–H groups in total. The maximum Gasteiger partial charge on any atom is 0.269 e. The highest BCUT2D eigenvalue weighted by Gasteiger charge is 2.14. The first kappa shape index (κ1) is 15.1. The van der Waals surface area contributed by atoms with Crippen LogP contribution in [0.4, 0.5) is 0 Å². The summed E-state index contributed by atoms with van der Waals surface area (Å²) in [5, 5.41) is 14.2. The zero-order valence-electron chi connectivity index (χ0n) is 14.1. The largest absolute Gasteiger partial charge is 0.276 e. The van der Waals surface area contributed by atoms with E-state index in [1.807, 2.05) is 66.7 Å². The smallest absolute Gasteiger partial charge is 0.269 e. The quantitative estimate of drug-likeness (QED) is 0.242. The zero-order chi connectivity index (χ0) is 18.5. The fourth-order valence-electron chi connectivity index (χ4n) is 3.92. The highest BCUT2D eigenvalue weighted by Crippen LogP contribution is 2.28. The minimum absolute atomic E-state index is 0.0214. The number of hydrogen-bond acceptors (Lipinski definition) is 2. The minimum Gasteiger partial charge on any atom is -0.276 e. The van der Waals surface area contributed by atoms with Crippen molar-refractivity contribution < 1.29 is 0 Å². The molecule has 0 bridgehead atoms. The predicted octanol–water partition coefficient (Wildman–Crippen LogP) is 4.03. The third kappa shape index (κ3) is 1.93. The molecule has 0 radical (unpaired) electrons. The lowest BCUT2D eigenvalue weighted by molar-refractivity contribution is 1.18. The molecule has 2 heterocycles. The average molecular weight is 345 g/mol. The molecule has 0 saturated carbocycles. The van der Waals surface area contributed by atoms with Gasteiger partial charge in [0.25, 0.3) is 11.3 Å². The second-order valence-corrected chi connectivity index (χ2v) is 6.38. The molecule has 0 fully saturated rings. The van der Waals surface area contributed by atoms with Crippen molar-refractivity contribution in [2.75, 3.05) is 0 Å². The Morgan fingerprint density at radius 3 is 2.37 bits per heavy atom. The molecule has 2 aromatic heterocycles. The summed E-state index contributed by atoms with van der Waals surface area (Å²) in [6.07, 6.45) is 0. The first-order valence-corrected chi connectivity index (χ1v) is 8.44. The maximum absolute atomic E-state index is 13.4. The molecule has 4 nitrogen and oxygen atoms in total. The van der Waals surface area contributed by atoms with E-state index in [0.717, 1.165) is 16.2 Å². The monoisotopic (exact) mass is 345 g/mol. The Balaban J connectivity index is 2.27. The van der Waals surface area contributed by atoms with E-state index in [9.17, 15) is 10.1 Å². The van der Waals surface area contributed by atoms with Crippen LogP contribution in [0.5, 0.6) is 0 Å². The molecule has 0 spiro atoms. The summed E-state index contributed by atoms with van der Waals surface area (Å²) in [5.41, 5.74) is 1.32. The lowest BCUT2D eigenvalue weighted by Crippen LogP contribution is -2.19. The van der Waals surface area contributed by atoms with Crippen LogP contribution in [0, 0.1) is 17.9 Å². The Labute approximate surface area is 153 Å². The van der Waals surface area contributed by atoms with E-state index < -0.39 is 0 Å². The van der Waals surface area contributed by atoms with Gasteiger partial charge in [0.05, 0.1) is 23.7 Å². The minimum atomic E-state index is -0.0987. The van der Waals surface area contributed by atoms with Gasteiger partial charge in [0.2, 0.25) is 0 Å². The standard InChI is InChI=1S/C23H11N3O/c1-25-19(13-24)18-12-21-16-9-4-6-14-7-5-10-17(22(14)16)23(27)26(21)20-11-3-2-8-15(18)20/h2-12H/b19-18+. The summed E-state index contributed by atoms with van der Waals surface area (Å²) < 4.78 is 1.69. The van der Waals surface area contributed by atoms with E-state index in [1.165, 1.54) is 0 Å². The number of hydrogen-bond donors (Lipinski definition) is 0. The van der Waals surface area contributed by atoms with Gasteiger partial charge in [0.15, 0.2) is 0 Å². The highest BCUT2D eigenvalue weighted by molar-refractivity contribution is 6.15. The van der Waals surface area contributed by atoms with E-state index >= 15 is 0 Å². The van der Waals surface area contributed by atoms with Crippen LogP contribution < -0.4 is 10.8 Å². The van der Waals surface area contributed by atoms with Crippen molar-refractivity contribution in [2.45, 2.75) is 0 Å². The fraction of sp³-hybridized carbons (Fsp3) is 0. The van der Waals surface area contributed by atoms with Gasteiger partial charge in [-0.3, -0.25) is 9.20 Å². The van der Waals surface area contributed by atoms with Crippen LogP contribution in [0.25, 0.3) is 48.5 Å². The molecule has 4 heteroatoms. The number of fused-ring (bicyclic) bond motifs is 4. The van der Waals surface area contributed by atoms with E-state index in [1.54, 1.807) is 10.5 Å². The number of para-hydroxylation sites is 1. The van der Waals surface area contributed by atoms with E-state index in [0.29, 0.717) is 27.0 Å². The van der Waals surface area contributed by atoms with Crippen LogP contribution >= 0.6 is 0 Å². The molecule has 0 unspecified atom stereocenters. The topological polar surface area (TPSA) is 49.6 Å². The van der Waals surface area contributed by atoms with Crippen LogP contribution in [0.15, 0.2) is 71.5 Å². The molecule has 3 aromatic carbocycles. The molecular weight excluding hydrogens is 334 g/mol. The molecule has 0 aliphatic carbocycles. The van der Waals surface area contributed by atoms with Crippen LogP contribution in [-0.4, -0.2) is 4.40 Å². The third-order valence-corrected chi connectivity index (χ3v) is 5.04. The van der Waals surface area contributed by atoms with Crippen LogP contribution in [0.1, 0.15) is 0 Å². The van der Waals surface area contributed by atoms with Crippen molar-refractivity contribution in [3.8, 4) is 6.07 Å². The molecule has 27 heavy (non-hydrogen) atoms. The Bertz CT molecular complexity index is 1590. The normalized spacial score (nSPS) is 12.4. The number of aromatic nitrogens is 1. The average Bonchev–Trinajstić information content (AvgIpc) is 2.72. The van der Waals surface area contributed by atoms with Crippen molar-refractivity contribution in [1.82, 2.24) is 4.40 Å². The molecule has 0 atom stereocenters. The summed E-state index contributed by atoms with van der Waals surface area (Å²) in [6, 6.07) is 22.8. The Morgan fingerprint density at radius 2 is 1.63 bits per heavy atom. The Hall–Kier alpha value is -4.15. The molecule has 0 aliphatic rings. The van der Waals surface area contributed by atoms with E-state index in [2.05, 4.69) is 4.85 Å². The van der Waals surface area contributed by atoms with Crippen LogP contribution in [-0.2, 0) is 0 Å². The number of nitrogens with zero attached hydrogens (tertiary/aromatic N) is 3. The van der Waals surface area contributed by atoms with Gasteiger partial charge in [0, 0.05) is 21.4 Å². The Morgan fingerprint density at radius 1 is 0.926 bits per heavy atom. The van der Waals surface area contributed by atoms with Gasteiger partial charge < -0.3 is 0 Å². The summed E-state index contributed by atoms with van der Waals surface area (Å²) >= 11 is 0. The number of nitriles is 1. The first-order valence-electron chi connectivity index (χ1n) is 8.44. The summed E-state index contributed by atoms with van der Waals surface area (Å²) in [6.45, 7) is 7.38. The van der Waals surface area contributed by atoms with Crippen molar-refractivity contribution in [2.24, 2.45) is 0 Å². The van der Waals surface area contributed by atoms with Gasteiger partial charge in [-0.25, -0.2) is 10.1 Å². The lowest BCUT2D eigenvalue weighted by Gasteiger charge is -2.13. The number of benzene rings is 3. The highest BCUT2D eigenvalue weighted by atomic mass is 16.1. The number of pyridine rings is 2. The van der Waals surface area contributed by atoms with E-state index in [-0.39, 0.29) is 11.3 Å². The number of rotatable bonds is 0. The summed E-state index contributed by atoms with van der Waals surface area (Å²) in [4.78, 5) is 16.8. The van der Waals surface area contributed by atoms with Crippen molar-refractivity contribution >= 4 is 43.7 Å². The van der Waals surface area contributed by atoms with E-state index in [4.69, 9.17) is 6.57 Å². The van der Waals surface area contributed by atoms with Crippen molar-refractivity contribution in [1.29, 1.82) is 5.26 Å². The maximum atomic E-state index is 13.4. The fourth-order valence-corrected chi connectivity index (χ4v) is 3.92. The van der Waals surface area contributed by atoms with Gasteiger partial charge >= 0.3 is 0 Å².